The van der Waals surface area contributed by atoms with Crippen LogP contribution >= 0.6 is 0 Å². The predicted molar refractivity (Wildman–Crippen MR) is 121 cm³/mol. The third kappa shape index (κ3) is 4.36. The van der Waals surface area contributed by atoms with Crippen molar-refractivity contribution in [2.24, 2.45) is 0 Å². The van der Waals surface area contributed by atoms with Gasteiger partial charge in [0.05, 0.1) is 5.56 Å². The third-order valence-corrected chi connectivity index (χ3v) is 5.80. The zero-order valence-corrected chi connectivity index (χ0v) is 17.7. The first-order chi connectivity index (χ1) is 14.9. The van der Waals surface area contributed by atoms with E-state index in [1.165, 1.54) is 12.1 Å². The van der Waals surface area contributed by atoms with Crippen molar-refractivity contribution in [3.05, 3.63) is 88.7 Å². The van der Waals surface area contributed by atoms with Crippen molar-refractivity contribution >= 4 is 17.5 Å². The summed E-state index contributed by atoms with van der Waals surface area (Å²) in [4.78, 5) is 27.4. The van der Waals surface area contributed by atoms with Gasteiger partial charge in [-0.2, -0.15) is 0 Å². The fraction of sp³-hybridized carbons (Fsp3) is 0.231. The largest absolute Gasteiger partial charge is 0.339 e. The monoisotopic (exact) mass is 416 g/mol. The molecule has 1 heterocycles. The standard InChI is InChI=1S/C26H25FN2O2/c1-17-8-10-19(11-9-17)20-12-13-22(23(27)16-20)25(30)28-24-7-5-6-21(18(24)2)26(31)29-14-3-4-15-29/h5-13,16H,3-4,14-15H2,1-2H3,(H,28,30). The van der Waals surface area contributed by atoms with Crippen LogP contribution in [0.3, 0.4) is 0 Å². The molecule has 1 fully saturated rings. The van der Waals surface area contributed by atoms with E-state index in [4.69, 9.17) is 0 Å². The van der Waals surface area contributed by atoms with Gasteiger partial charge in [0.15, 0.2) is 0 Å². The average molecular weight is 416 g/mol. The lowest BCUT2D eigenvalue weighted by Crippen LogP contribution is -2.28. The van der Waals surface area contributed by atoms with E-state index in [1.807, 2.05) is 36.1 Å². The maximum atomic E-state index is 14.8. The fourth-order valence-corrected chi connectivity index (χ4v) is 3.91. The number of hydrogen-bond donors (Lipinski definition) is 1. The van der Waals surface area contributed by atoms with E-state index in [1.54, 1.807) is 31.2 Å². The van der Waals surface area contributed by atoms with Gasteiger partial charge in [-0.15, -0.1) is 0 Å². The summed E-state index contributed by atoms with van der Waals surface area (Å²) in [6, 6.07) is 17.6. The lowest BCUT2D eigenvalue weighted by Gasteiger charge is -2.18. The molecule has 1 aliphatic rings. The van der Waals surface area contributed by atoms with E-state index < -0.39 is 11.7 Å². The minimum atomic E-state index is -0.586. The number of benzene rings is 3. The first-order valence-corrected chi connectivity index (χ1v) is 10.5. The molecular formula is C26H25FN2O2. The molecule has 1 N–H and O–H groups in total. The molecule has 158 valence electrons. The van der Waals surface area contributed by atoms with Crippen LogP contribution in [0.1, 0.15) is 44.7 Å². The topological polar surface area (TPSA) is 49.4 Å². The molecule has 2 amide bonds. The quantitative estimate of drug-likeness (QED) is 0.602. The van der Waals surface area contributed by atoms with Gasteiger partial charge in [0.2, 0.25) is 0 Å². The molecule has 1 aliphatic heterocycles. The second kappa shape index (κ2) is 8.72. The molecule has 3 aromatic rings. The molecule has 0 aromatic heterocycles. The second-order valence-corrected chi connectivity index (χ2v) is 7.99. The summed E-state index contributed by atoms with van der Waals surface area (Å²) in [5.74, 6) is -1.15. The molecule has 0 radical (unpaired) electrons. The predicted octanol–water partition coefficient (Wildman–Crippen LogP) is 5.60. The van der Waals surface area contributed by atoms with Crippen LogP contribution in [-0.4, -0.2) is 29.8 Å². The number of carbonyl (C=O) groups excluding carboxylic acids is 2. The molecule has 3 aromatic carbocycles. The first-order valence-electron chi connectivity index (χ1n) is 10.5. The lowest BCUT2D eigenvalue weighted by atomic mass is 10.0. The Hall–Kier alpha value is -3.47. The Labute approximate surface area is 181 Å². The van der Waals surface area contributed by atoms with Crippen LogP contribution in [0.2, 0.25) is 0 Å². The van der Waals surface area contributed by atoms with E-state index in [9.17, 15) is 14.0 Å². The van der Waals surface area contributed by atoms with Gasteiger partial charge in [-0.1, -0.05) is 42.0 Å². The smallest absolute Gasteiger partial charge is 0.258 e. The molecule has 0 atom stereocenters. The molecule has 4 rings (SSSR count). The Morgan fingerprint density at radius 1 is 0.871 bits per heavy atom. The maximum absolute atomic E-state index is 14.8. The molecule has 4 nitrogen and oxygen atoms in total. The first kappa shape index (κ1) is 20.8. The number of anilines is 1. The summed E-state index contributed by atoms with van der Waals surface area (Å²) in [6.07, 6.45) is 2.03. The summed E-state index contributed by atoms with van der Waals surface area (Å²) in [5.41, 5.74) is 4.45. The van der Waals surface area contributed by atoms with Crippen LogP contribution in [-0.2, 0) is 0 Å². The highest BCUT2D eigenvalue weighted by Crippen LogP contribution is 2.25. The summed E-state index contributed by atoms with van der Waals surface area (Å²) < 4.78 is 14.8. The van der Waals surface area contributed by atoms with Gasteiger partial charge in [-0.3, -0.25) is 9.59 Å². The number of nitrogens with zero attached hydrogens (tertiary/aromatic N) is 1. The highest BCUT2D eigenvalue weighted by Gasteiger charge is 2.22. The Morgan fingerprint density at radius 3 is 2.23 bits per heavy atom. The van der Waals surface area contributed by atoms with E-state index in [-0.39, 0.29) is 11.5 Å². The highest BCUT2D eigenvalue weighted by molar-refractivity contribution is 6.06. The minimum Gasteiger partial charge on any atom is -0.339 e. The summed E-state index contributed by atoms with van der Waals surface area (Å²) >= 11 is 0. The van der Waals surface area contributed by atoms with E-state index in [0.29, 0.717) is 22.4 Å². The average Bonchev–Trinajstić information content (AvgIpc) is 3.30. The van der Waals surface area contributed by atoms with Crippen LogP contribution < -0.4 is 5.32 Å². The van der Waals surface area contributed by atoms with Gasteiger partial charge >= 0.3 is 0 Å². The number of halogens is 1. The highest BCUT2D eigenvalue weighted by atomic mass is 19.1. The fourth-order valence-electron chi connectivity index (χ4n) is 3.91. The maximum Gasteiger partial charge on any atom is 0.258 e. The van der Waals surface area contributed by atoms with Crippen molar-refractivity contribution in [2.45, 2.75) is 26.7 Å². The van der Waals surface area contributed by atoms with Crippen LogP contribution in [0.5, 0.6) is 0 Å². The molecule has 0 saturated carbocycles. The zero-order valence-electron chi connectivity index (χ0n) is 17.7. The molecule has 31 heavy (non-hydrogen) atoms. The zero-order chi connectivity index (χ0) is 22.0. The second-order valence-electron chi connectivity index (χ2n) is 7.99. The third-order valence-electron chi connectivity index (χ3n) is 5.80. The van der Waals surface area contributed by atoms with Crippen molar-refractivity contribution in [3.63, 3.8) is 0 Å². The number of aryl methyl sites for hydroxylation is 1. The van der Waals surface area contributed by atoms with Gasteiger partial charge in [0, 0.05) is 24.3 Å². The van der Waals surface area contributed by atoms with Crippen molar-refractivity contribution in [2.75, 3.05) is 18.4 Å². The lowest BCUT2D eigenvalue weighted by molar-refractivity contribution is 0.0791. The van der Waals surface area contributed by atoms with Crippen molar-refractivity contribution < 1.29 is 14.0 Å². The molecule has 0 aliphatic carbocycles. The number of carbonyl (C=O) groups is 2. The van der Waals surface area contributed by atoms with E-state index >= 15 is 0 Å². The summed E-state index contributed by atoms with van der Waals surface area (Å²) in [7, 11) is 0. The molecule has 0 bridgehead atoms. The van der Waals surface area contributed by atoms with Crippen LogP contribution in [0.15, 0.2) is 60.7 Å². The number of likely N-dealkylation sites (tertiary alicyclic amines) is 1. The van der Waals surface area contributed by atoms with E-state index in [2.05, 4.69) is 5.32 Å². The summed E-state index contributed by atoms with van der Waals surface area (Å²) in [5, 5.41) is 2.77. The van der Waals surface area contributed by atoms with Gasteiger partial charge in [-0.25, -0.2) is 4.39 Å². The Morgan fingerprint density at radius 2 is 1.55 bits per heavy atom. The minimum absolute atomic E-state index is 0.0280. The number of rotatable bonds is 4. The van der Waals surface area contributed by atoms with Gasteiger partial charge < -0.3 is 10.2 Å². The van der Waals surface area contributed by atoms with Gasteiger partial charge in [0.1, 0.15) is 5.82 Å². The van der Waals surface area contributed by atoms with Gasteiger partial charge in [-0.05, 0) is 67.6 Å². The van der Waals surface area contributed by atoms with Crippen LogP contribution in [0.4, 0.5) is 10.1 Å². The number of hydrogen-bond acceptors (Lipinski definition) is 2. The van der Waals surface area contributed by atoms with Crippen molar-refractivity contribution in [1.82, 2.24) is 4.90 Å². The Kier molecular flexibility index (Phi) is 5.85. The molecule has 1 saturated heterocycles. The van der Waals surface area contributed by atoms with Gasteiger partial charge in [0.25, 0.3) is 11.8 Å². The normalized spacial score (nSPS) is 13.3. The Balaban J connectivity index is 1.55. The van der Waals surface area contributed by atoms with Crippen molar-refractivity contribution in [3.8, 4) is 11.1 Å². The SMILES string of the molecule is Cc1ccc(-c2ccc(C(=O)Nc3cccc(C(=O)N4CCCC4)c3C)c(F)c2)cc1. The number of nitrogens with one attached hydrogen (secondary N) is 1. The van der Waals surface area contributed by atoms with E-state index in [0.717, 1.165) is 37.1 Å². The van der Waals surface area contributed by atoms with Crippen LogP contribution in [0.25, 0.3) is 11.1 Å². The molecule has 0 spiro atoms. The number of amides is 2. The van der Waals surface area contributed by atoms with Crippen molar-refractivity contribution in [1.29, 1.82) is 0 Å². The summed E-state index contributed by atoms with van der Waals surface area (Å²) in [6.45, 7) is 5.31. The molecular weight excluding hydrogens is 391 g/mol. The van der Waals surface area contributed by atoms with Crippen LogP contribution in [0, 0.1) is 19.7 Å². The molecule has 5 heteroatoms. The Bertz CT molecular complexity index is 1130. The molecule has 0 unspecified atom stereocenters.